The van der Waals surface area contributed by atoms with Crippen LogP contribution < -0.4 is 0 Å². The van der Waals surface area contributed by atoms with Crippen LogP contribution in [0.3, 0.4) is 0 Å². The molecule has 1 saturated carbocycles. The molecule has 0 aliphatic heterocycles. The lowest BCUT2D eigenvalue weighted by Crippen LogP contribution is -2.33. The number of ether oxygens (including phenoxy) is 1. The second kappa shape index (κ2) is 7.39. The Morgan fingerprint density at radius 3 is 2.36 bits per heavy atom. The first-order chi connectivity index (χ1) is 10.4. The highest BCUT2D eigenvalue weighted by molar-refractivity contribution is 7.96. The fourth-order valence-corrected chi connectivity index (χ4v) is 2.86. The van der Waals surface area contributed by atoms with Gasteiger partial charge in [-0.25, -0.2) is 10.1 Å². The molecule has 4 nitrogen and oxygen atoms in total. The van der Waals surface area contributed by atoms with Crippen molar-refractivity contribution in [2.45, 2.75) is 49.9 Å². The van der Waals surface area contributed by atoms with Crippen LogP contribution in [0.1, 0.15) is 42.7 Å². The number of hydrogen-bond acceptors (Lipinski definition) is 5. The van der Waals surface area contributed by atoms with Crippen molar-refractivity contribution in [2.24, 2.45) is 0 Å². The first-order valence-corrected chi connectivity index (χ1v) is 7.81. The van der Waals surface area contributed by atoms with E-state index in [4.69, 9.17) is 9.99 Å². The van der Waals surface area contributed by atoms with Gasteiger partial charge in [-0.2, -0.15) is 13.1 Å². The van der Waals surface area contributed by atoms with Gasteiger partial charge in [0, 0.05) is 0 Å². The Morgan fingerprint density at radius 1 is 1.23 bits per heavy atom. The number of benzene rings is 1. The molecule has 1 fully saturated rings. The van der Waals surface area contributed by atoms with Crippen LogP contribution in [0, 0.1) is 6.92 Å². The standard InChI is InChI=1S/C15H18F2O4S/c1-10-2-4-11(5-3-10)12-6-8-13(9-7-12)20-14(18)15(16,17)22-21-19/h2-5,12-13,19H,6-9H2,1H3. The molecular weight excluding hydrogens is 314 g/mol. The molecule has 0 atom stereocenters. The lowest BCUT2D eigenvalue weighted by Gasteiger charge is -2.29. The van der Waals surface area contributed by atoms with Gasteiger partial charge in [0.05, 0.1) is 0 Å². The molecular formula is C15H18F2O4S. The van der Waals surface area contributed by atoms with Crippen molar-refractivity contribution in [1.29, 1.82) is 0 Å². The normalized spacial score (nSPS) is 22.4. The Labute approximate surface area is 131 Å². The van der Waals surface area contributed by atoms with Crippen LogP contribution in [0.4, 0.5) is 8.78 Å². The second-order valence-corrected chi connectivity index (χ2v) is 6.29. The number of carbonyl (C=O) groups is 1. The molecule has 0 aromatic heterocycles. The number of carbonyl (C=O) groups excluding carboxylic acids is 1. The van der Waals surface area contributed by atoms with Crippen LogP contribution in [-0.2, 0) is 13.9 Å². The monoisotopic (exact) mass is 332 g/mol. The van der Waals surface area contributed by atoms with Gasteiger partial charge in [0.1, 0.15) is 18.1 Å². The van der Waals surface area contributed by atoms with Gasteiger partial charge in [0.15, 0.2) is 0 Å². The molecule has 7 heteroatoms. The number of aryl methyl sites for hydroxylation is 1. The van der Waals surface area contributed by atoms with E-state index in [0.717, 1.165) is 12.8 Å². The summed E-state index contributed by atoms with van der Waals surface area (Å²) in [6.07, 6.45) is 2.15. The smallest absolute Gasteiger partial charge is 0.415 e. The molecule has 0 spiro atoms. The van der Waals surface area contributed by atoms with Crippen molar-refractivity contribution in [1.82, 2.24) is 0 Å². The predicted molar refractivity (Wildman–Crippen MR) is 78.5 cm³/mol. The van der Waals surface area contributed by atoms with Gasteiger partial charge >= 0.3 is 11.2 Å². The first-order valence-electron chi connectivity index (χ1n) is 7.07. The van der Waals surface area contributed by atoms with Gasteiger partial charge in [0.2, 0.25) is 0 Å². The fraction of sp³-hybridized carbons (Fsp3) is 0.533. The maximum atomic E-state index is 13.2. The van der Waals surface area contributed by atoms with E-state index in [1.54, 1.807) is 0 Å². The molecule has 0 amide bonds. The van der Waals surface area contributed by atoms with Crippen molar-refractivity contribution in [3.05, 3.63) is 35.4 Å². The number of halogens is 2. The lowest BCUT2D eigenvalue weighted by atomic mass is 9.82. The van der Waals surface area contributed by atoms with E-state index in [9.17, 15) is 13.6 Å². The van der Waals surface area contributed by atoms with Crippen molar-refractivity contribution >= 4 is 18.0 Å². The van der Waals surface area contributed by atoms with Crippen LogP contribution in [0.15, 0.2) is 24.3 Å². The number of rotatable bonds is 5. The highest BCUT2D eigenvalue weighted by atomic mass is 32.2. The van der Waals surface area contributed by atoms with Crippen LogP contribution in [0.25, 0.3) is 0 Å². The summed E-state index contributed by atoms with van der Waals surface area (Å²) in [6.45, 7) is 2.02. The van der Waals surface area contributed by atoms with E-state index < -0.39 is 29.4 Å². The Hall–Kier alpha value is -1.18. The van der Waals surface area contributed by atoms with E-state index in [1.165, 1.54) is 11.1 Å². The minimum atomic E-state index is -3.90. The molecule has 0 heterocycles. The minimum absolute atomic E-state index is 0.367. The Morgan fingerprint density at radius 2 is 1.82 bits per heavy atom. The van der Waals surface area contributed by atoms with Crippen LogP contribution in [0.5, 0.6) is 0 Å². The average Bonchev–Trinajstić information content (AvgIpc) is 2.49. The lowest BCUT2D eigenvalue weighted by molar-refractivity contribution is -0.171. The molecule has 0 radical (unpaired) electrons. The van der Waals surface area contributed by atoms with Crippen molar-refractivity contribution in [2.75, 3.05) is 0 Å². The summed E-state index contributed by atoms with van der Waals surface area (Å²) < 4.78 is 34.4. The zero-order valence-corrected chi connectivity index (χ0v) is 12.9. The summed E-state index contributed by atoms with van der Waals surface area (Å²) in [5.41, 5.74) is 2.42. The van der Waals surface area contributed by atoms with Crippen molar-refractivity contribution < 1.29 is 27.9 Å². The molecule has 1 aliphatic rings. The van der Waals surface area contributed by atoms with Gasteiger partial charge in [0.25, 0.3) is 0 Å². The molecule has 0 saturated heterocycles. The summed E-state index contributed by atoms with van der Waals surface area (Å²) in [5, 5.41) is 4.11. The van der Waals surface area contributed by atoms with Gasteiger partial charge in [-0.05, 0) is 44.1 Å². The quantitative estimate of drug-likeness (QED) is 0.377. The number of esters is 1. The second-order valence-electron chi connectivity index (χ2n) is 5.46. The van der Waals surface area contributed by atoms with Crippen molar-refractivity contribution in [3.63, 3.8) is 0 Å². The Balaban J connectivity index is 1.84. The summed E-state index contributed by atoms with van der Waals surface area (Å²) in [5.74, 6) is -1.31. The van der Waals surface area contributed by atoms with E-state index >= 15 is 0 Å². The third kappa shape index (κ3) is 4.41. The predicted octanol–water partition coefficient (Wildman–Crippen LogP) is 4.30. The molecule has 1 N–H and O–H groups in total. The first kappa shape index (κ1) is 17.2. The fourth-order valence-electron chi connectivity index (χ4n) is 2.65. The summed E-state index contributed by atoms with van der Waals surface area (Å²) >= 11 is -0.623. The van der Waals surface area contributed by atoms with E-state index in [-0.39, 0.29) is 0 Å². The van der Waals surface area contributed by atoms with Crippen LogP contribution >= 0.6 is 12.0 Å². The Kier molecular flexibility index (Phi) is 5.77. The van der Waals surface area contributed by atoms with Crippen LogP contribution in [0.2, 0.25) is 0 Å². The molecule has 1 aromatic rings. The molecule has 1 aliphatic carbocycles. The molecule has 0 bridgehead atoms. The number of alkyl halides is 2. The van der Waals surface area contributed by atoms with E-state index in [0.29, 0.717) is 18.8 Å². The van der Waals surface area contributed by atoms with Gasteiger partial charge in [-0.1, -0.05) is 29.8 Å². The van der Waals surface area contributed by atoms with E-state index in [2.05, 4.69) is 16.5 Å². The zero-order valence-electron chi connectivity index (χ0n) is 12.1. The largest absolute Gasteiger partial charge is 0.457 e. The average molecular weight is 332 g/mol. The maximum Gasteiger partial charge on any atom is 0.415 e. The van der Waals surface area contributed by atoms with Gasteiger partial charge in [-0.15, -0.1) is 0 Å². The third-order valence-electron chi connectivity index (χ3n) is 3.88. The summed E-state index contributed by atoms with van der Waals surface area (Å²) in [4.78, 5) is 11.3. The highest BCUT2D eigenvalue weighted by Crippen LogP contribution is 2.36. The van der Waals surface area contributed by atoms with Crippen molar-refractivity contribution in [3.8, 4) is 0 Å². The molecule has 2 rings (SSSR count). The molecule has 1 aromatic carbocycles. The highest BCUT2D eigenvalue weighted by Gasteiger charge is 2.45. The van der Waals surface area contributed by atoms with Gasteiger partial charge in [-0.3, -0.25) is 0 Å². The third-order valence-corrected chi connectivity index (χ3v) is 4.33. The molecule has 0 unspecified atom stereocenters. The Bertz CT molecular complexity index is 499. The number of hydrogen-bond donors (Lipinski definition) is 1. The van der Waals surface area contributed by atoms with Crippen LogP contribution in [-0.4, -0.2) is 22.6 Å². The zero-order chi connectivity index (χ0) is 16.2. The minimum Gasteiger partial charge on any atom is -0.457 e. The molecule has 22 heavy (non-hydrogen) atoms. The summed E-state index contributed by atoms with van der Waals surface area (Å²) in [6, 6.07) is 8.26. The van der Waals surface area contributed by atoms with Gasteiger partial charge < -0.3 is 4.74 Å². The maximum absolute atomic E-state index is 13.2. The SMILES string of the molecule is Cc1ccc(C2CCC(OC(=O)C(F)(F)SOO)CC2)cc1. The van der Waals surface area contributed by atoms with E-state index in [1.807, 2.05) is 19.1 Å². The topological polar surface area (TPSA) is 55.8 Å². The molecule has 122 valence electrons. The summed E-state index contributed by atoms with van der Waals surface area (Å²) in [7, 11) is 0.